The summed E-state index contributed by atoms with van der Waals surface area (Å²) in [5.41, 5.74) is 0.826. The smallest absolute Gasteiger partial charge is 0.117 e. The van der Waals surface area contributed by atoms with Crippen LogP contribution in [0, 0.1) is 0 Å². The molecule has 2 aromatic rings. The number of hydrogen-bond acceptors (Lipinski definition) is 2. The summed E-state index contributed by atoms with van der Waals surface area (Å²) in [4.78, 5) is 4.08. The summed E-state index contributed by atoms with van der Waals surface area (Å²) < 4.78 is 0. The first kappa shape index (κ1) is 8.87. The van der Waals surface area contributed by atoms with E-state index in [1.807, 2.05) is 18.2 Å². The van der Waals surface area contributed by atoms with Crippen molar-refractivity contribution >= 4 is 24.4 Å². The van der Waals surface area contributed by atoms with E-state index >= 15 is 0 Å². The summed E-state index contributed by atoms with van der Waals surface area (Å²) in [7, 11) is 0. The maximum Gasteiger partial charge on any atom is 0.117 e. The molecule has 2 rings (SSSR count). The van der Waals surface area contributed by atoms with Gasteiger partial charge < -0.3 is 5.11 Å². The average Bonchev–Trinajstić information content (AvgIpc) is 2.04. The van der Waals surface area contributed by atoms with Crippen molar-refractivity contribution < 1.29 is 5.11 Å². The first-order valence-electron chi connectivity index (χ1n) is 3.40. The van der Waals surface area contributed by atoms with Gasteiger partial charge in [0.25, 0.3) is 0 Å². The van der Waals surface area contributed by atoms with Crippen molar-refractivity contribution in [2.24, 2.45) is 0 Å². The molecule has 1 heterocycles. The Morgan fingerprint density at radius 1 is 1.17 bits per heavy atom. The van der Waals surface area contributed by atoms with Gasteiger partial charge in [-0.15, -0.1) is 0 Å². The van der Waals surface area contributed by atoms with Crippen LogP contribution in [0.5, 0.6) is 5.75 Å². The van der Waals surface area contributed by atoms with Gasteiger partial charge in [0.1, 0.15) is 5.75 Å². The molecule has 0 atom stereocenters. The van der Waals surface area contributed by atoms with Gasteiger partial charge in [0.2, 0.25) is 0 Å². The number of nitrogens with zero attached hydrogens (tertiary/aromatic N) is 1. The Kier molecular flexibility index (Phi) is 2.55. The van der Waals surface area contributed by atoms with E-state index in [4.69, 9.17) is 5.11 Å². The first-order chi connectivity index (χ1) is 5.36. The Balaban J connectivity index is 0.000000720. The predicted molar refractivity (Wildman–Crippen MR) is 53.8 cm³/mol. The number of pyridine rings is 1. The molecule has 1 aromatic carbocycles. The number of hydrogen-bond donors (Lipinski definition) is 1. The molecular weight excluding hydrogens is 170 g/mol. The number of benzene rings is 1. The van der Waals surface area contributed by atoms with Gasteiger partial charge >= 0.3 is 0 Å². The highest BCUT2D eigenvalue weighted by Gasteiger charge is 1.92. The third-order valence-corrected chi connectivity index (χ3v) is 1.59. The topological polar surface area (TPSA) is 33.1 Å². The molecular formula is C9H9NOS. The third-order valence-electron chi connectivity index (χ3n) is 1.59. The molecule has 0 radical (unpaired) electrons. The molecule has 0 unspecified atom stereocenters. The minimum absolute atomic E-state index is 0. The molecule has 0 fully saturated rings. The second kappa shape index (κ2) is 3.45. The zero-order valence-electron chi connectivity index (χ0n) is 6.36. The SMILES string of the molecule is Oc1ccc2cccnc2c1.S. The average molecular weight is 179 g/mol. The van der Waals surface area contributed by atoms with E-state index in [-0.39, 0.29) is 19.2 Å². The van der Waals surface area contributed by atoms with Gasteiger partial charge in [-0.25, -0.2) is 0 Å². The van der Waals surface area contributed by atoms with Gasteiger partial charge in [0, 0.05) is 17.6 Å². The van der Waals surface area contributed by atoms with Gasteiger partial charge in [-0.05, 0) is 18.2 Å². The standard InChI is InChI=1S/C9H7NO.H2S/c11-8-4-3-7-2-1-5-10-9(7)6-8;/h1-6,11H;1H2. The molecule has 0 spiro atoms. The zero-order chi connectivity index (χ0) is 7.68. The maximum absolute atomic E-state index is 9.09. The van der Waals surface area contributed by atoms with Crippen LogP contribution >= 0.6 is 13.5 Å². The summed E-state index contributed by atoms with van der Waals surface area (Å²) in [6.07, 6.45) is 1.71. The van der Waals surface area contributed by atoms with Gasteiger partial charge in [-0.1, -0.05) is 6.07 Å². The lowest BCUT2D eigenvalue weighted by molar-refractivity contribution is 0.476. The van der Waals surface area contributed by atoms with Crippen LogP contribution in [-0.4, -0.2) is 10.1 Å². The van der Waals surface area contributed by atoms with Crippen molar-refractivity contribution in [1.82, 2.24) is 4.98 Å². The summed E-state index contributed by atoms with van der Waals surface area (Å²) in [5.74, 6) is 0.260. The summed E-state index contributed by atoms with van der Waals surface area (Å²) in [5, 5.41) is 10.1. The molecule has 0 bridgehead atoms. The van der Waals surface area contributed by atoms with E-state index in [1.54, 1.807) is 18.3 Å². The van der Waals surface area contributed by atoms with Crippen LogP contribution in [0.3, 0.4) is 0 Å². The Morgan fingerprint density at radius 3 is 2.83 bits per heavy atom. The van der Waals surface area contributed by atoms with Crippen molar-refractivity contribution in [2.75, 3.05) is 0 Å². The molecule has 3 heteroatoms. The summed E-state index contributed by atoms with van der Waals surface area (Å²) >= 11 is 0. The highest BCUT2D eigenvalue weighted by molar-refractivity contribution is 7.59. The van der Waals surface area contributed by atoms with Crippen LogP contribution in [0.15, 0.2) is 36.5 Å². The van der Waals surface area contributed by atoms with E-state index < -0.39 is 0 Å². The van der Waals surface area contributed by atoms with Gasteiger partial charge in [-0.2, -0.15) is 13.5 Å². The Hall–Kier alpha value is -1.22. The minimum atomic E-state index is 0. The number of fused-ring (bicyclic) bond motifs is 1. The molecule has 0 saturated carbocycles. The number of aromatic nitrogens is 1. The fourth-order valence-electron chi connectivity index (χ4n) is 1.05. The Labute approximate surface area is 77.3 Å². The molecule has 1 N–H and O–H groups in total. The van der Waals surface area contributed by atoms with E-state index in [0.29, 0.717) is 0 Å². The normalized spacial score (nSPS) is 9.33. The Bertz CT molecular complexity index is 389. The highest BCUT2D eigenvalue weighted by atomic mass is 32.1. The minimum Gasteiger partial charge on any atom is -0.508 e. The van der Waals surface area contributed by atoms with Gasteiger partial charge in [0.15, 0.2) is 0 Å². The van der Waals surface area contributed by atoms with Gasteiger partial charge in [-0.3, -0.25) is 4.98 Å². The number of rotatable bonds is 0. The lowest BCUT2D eigenvalue weighted by Crippen LogP contribution is -1.75. The number of aromatic hydroxyl groups is 1. The largest absolute Gasteiger partial charge is 0.508 e. The molecule has 0 aliphatic carbocycles. The van der Waals surface area contributed by atoms with Crippen LogP contribution in [0.4, 0.5) is 0 Å². The monoisotopic (exact) mass is 179 g/mol. The quantitative estimate of drug-likeness (QED) is 0.671. The van der Waals surface area contributed by atoms with Crippen molar-refractivity contribution in [3.05, 3.63) is 36.5 Å². The van der Waals surface area contributed by atoms with Crippen LogP contribution in [-0.2, 0) is 0 Å². The fraction of sp³-hybridized carbons (Fsp3) is 0. The molecule has 2 nitrogen and oxygen atoms in total. The highest BCUT2D eigenvalue weighted by Crippen LogP contribution is 2.16. The summed E-state index contributed by atoms with van der Waals surface area (Å²) in [6, 6.07) is 8.98. The van der Waals surface area contributed by atoms with Crippen LogP contribution in [0.2, 0.25) is 0 Å². The van der Waals surface area contributed by atoms with Crippen molar-refractivity contribution in [1.29, 1.82) is 0 Å². The second-order valence-electron chi connectivity index (χ2n) is 2.38. The molecule has 0 aliphatic rings. The van der Waals surface area contributed by atoms with Crippen molar-refractivity contribution in [2.45, 2.75) is 0 Å². The van der Waals surface area contributed by atoms with E-state index in [2.05, 4.69) is 4.98 Å². The molecule has 62 valence electrons. The van der Waals surface area contributed by atoms with Crippen molar-refractivity contribution in [3.63, 3.8) is 0 Å². The number of phenolic OH excluding ortho intramolecular Hbond substituents is 1. The predicted octanol–water partition coefficient (Wildman–Crippen LogP) is 2.05. The first-order valence-corrected chi connectivity index (χ1v) is 3.40. The molecule has 0 aliphatic heterocycles. The van der Waals surface area contributed by atoms with Crippen LogP contribution < -0.4 is 0 Å². The van der Waals surface area contributed by atoms with E-state index in [9.17, 15) is 0 Å². The maximum atomic E-state index is 9.09. The lowest BCUT2D eigenvalue weighted by atomic mass is 10.2. The van der Waals surface area contributed by atoms with E-state index in [1.165, 1.54) is 0 Å². The van der Waals surface area contributed by atoms with Gasteiger partial charge in [0.05, 0.1) is 5.52 Å². The third kappa shape index (κ3) is 1.51. The van der Waals surface area contributed by atoms with Crippen LogP contribution in [0.25, 0.3) is 10.9 Å². The summed E-state index contributed by atoms with van der Waals surface area (Å²) in [6.45, 7) is 0. The molecule has 0 amide bonds. The van der Waals surface area contributed by atoms with Crippen molar-refractivity contribution in [3.8, 4) is 5.75 Å². The number of phenols is 1. The fourth-order valence-corrected chi connectivity index (χ4v) is 1.05. The zero-order valence-corrected chi connectivity index (χ0v) is 7.36. The van der Waals surface area contributed by atoms with Crippen LogP contribution in [0.1, 0.15) is 0 Å². The molecule has 1 aromatic heterocycles. The second-order valence-corrected chi connectivity index (χ2v) is 2.38. The Morgan fingerprint density at radius 2 is 2.00 bits per heavy atom. The molecule has 0 saturated heterocycles. The molecule has 12 heavy (non-hydrogen) atoms. The van der Waals surface area contributed by atoms with E-state index in [0.717, 1.165) is 10.9 Å². The lowest BCUT2D eigenvalue weighted by Gasteiger charge is -1.95.